The highest BCUT2D eigenvalue weighted by molar-refractivity contribution is 7.99. The Balaban J connectivity index is 0.00000220. The Hall–Kier alpha value is -0.910. The molecule has 1 aromatic carbocycles. The first-order valence-electron chi connectivity index (χ1n) is 6.94. The highest BCUT2D eigenvalue weighted by Gasteiger charge is 2.23. The Bertz CT molecular complexity index is 447. The normalized spacial score (nSPS) is 19.0. The first-order valence-corrected chi connectivity index (χ1v) is 8.10. The molecule has 2 N–H and O–H groups in total. The number of amides is 1. The van der Waals surface area contributed by atoms with Crippen molar-refractivity contribution in [3.63, 3.8) is 0 Å². The van der Waals surface area contributed by atoms with Crippen LogP contribution in [0.15, 0.2) is 24.3 Å². The van der Waals surface area contributed by atoms with Gasteiger partial charge < -0.3 is 10.1 Å². The van der Waals surface area contributed by atoms with Crippen LogP contribution in [0.25, 0.3) is 0 Å². The van der Waals surface area contributed by atoms with Crippen molar-refractivity contribution < 1.29 is 9.53 Å². The summed E-state index contributed by atoms with van der Waals surface area (Å²) < 4.78 is 5.61. The van der Waals surface area contributed by atoms with E-state index in [1.54, 1.807) is 11.8 Å². The Kier molecular flexibility index (Phi) is 7.35. The third-order valence-electron chi connectivity index (χ3n) is 3.14. The van der Waals surface area contributed by atoms with Crippen molar-refractivity contribution >= 4 is 30.1 Å². The number of carbonyl (C=O) groups excluding carboxylic acids is 1. The van der Waals surface area contributed by atoms with Crippen molar-refractivity contribution in [2.75, 3.05) is 11.6 Å². The van der Waals surface area contributed by atoms with Crippen LogP contribution in [0.4, 0.5) is 0 Å². The summed E-state index contributed by atoms with van der Waals surface area (Å²) in [5.41, 5.74) is 1.08. The number of carbonyl (C=O) groups is 1. The SMILES string of the molecule is CC(C)Oc1ccc(C(C)NC(=O)C2CSCN2)cc1.Cl. The van der Waals surface area contributed by atoms with Gasteiger partial charge in [-0.15, -0.1) is 24.2 Å². The number of rotatable bonds is 5. The van der Waals surface area contributed by atoms with E-state index in [4.69, 9.17) is 4.74 Å². The Morgan fingerprint density at radius 1 is 1.33 bits per heavy atom. The number of nitrogens with one attached hydrogen (secondary N) is 2. The van der Waals surface area contributed by atoms with E-state index in [2.05, 4.69) is 10.6 Å². The Morgan fingerprint density at radius 3 is 2.52 bits per heavy atom. The van der Waals surface area contributed by atoms with Gasteiger partial charge in [0.1, 0.15) is 5.75 Å². The van der Waals surface area contributed by atoms with Crippen molar-refractivity contribution in [3.8, 4) is 5.75 Å². The van der Waals surface area contributed by atoms with E-state index >= 15 is 0 Å². The van der Waals surface area contributed by atoms with Crippen LogP contribution in [0, 0.1) is 0 Å². The number of thioether (sulfide) groups is 1. The Labute approximate surface area is 136 Å². The molecule has 1 heterocycles. The zero-order valence-corrected chi connectivity index (χ0v) is 14.2. The number of benzene rings is 1. The molecule has 0 aliphatic carbocycles. The van der Waals surface area contributed by atoms with Gasteiger partial charge in [-0.25, -0.2) is 0 Å². The maximum atomic E-state index is 12.0. The van der Waals surface area contributed by atoms with Gasteiger partial charge in [0.05, 0.1) is 18.2 Å². The maximum absolute atomic E-state index is 12.0. The number of ether oxygens (including phenoxy) is 1. The molecule has 21 heavy (non-hydrogen) atoms. The minimum Gasteiger partial charge on any atom is -0.491 e. The van der Waals surface area contributed by atoms with Gasteiger partial charge >= 0.3 is 0 Å². The van der Waals surface area contributed by atoms with Crippen LogP contribution in [0.1, 0.15) is 32.4 Å². The van der Waals surface area contributed by atoms with Crippen molar-refractivity contribution in [3.05, 3.63) is 29.8 Å². The fourth-order valence-electron chi connectivity index (χ4n) is 2.07. The first-order chi connectivity index (χ1) is 9.56. The highest BCUT2D eigenvalue weighted by Crippen LogP contribution is 2.19. The van der Waals surface area contributed by atoms with Crippen LogP contribution in [0.3, 0.4) is 0 Å². The Morgan fingerprint density at radius 2 is 2.00 bits per heavy atom. The second-order valence-corrected chi connectivity index (χ2v) is 6.27. The van der Waals surface area contributed by atoms with E-state index in [0.29, 0.717) is 0 Å². The third-order valence-corrected chi connectivity index (χ3v) is 4.08. The molecule has 0 spiro atoms. The summed E-state index contributed by atoms with van der Waals surface area (Å²) in [7, 11) is 0. The lowest BCUT2D eigenvalue weighted by atomic mass is 10.1. The van der Waals surface area contributed by atoms with Gasteiger partial charge in [-0.05, 0) is 38.5 Å². The fraction of sp³-hybridized carbons (Fsp3) is 0.533. The van der Waals surface area contributed by atoms with E-state index in [9.17, 15) is 4.79 Å². The lowest BCUT2D eigenvalue weighted by molar-refractivity contribution is -0.123. The fourth-order valence-corrected chi connectivity index (χ4v) is 3.01. The van der Waals surface area contributed by atoms with Crippen LogP contribution in [-0.2, 0) is 4.79 Å². The second kappa shape index (κ2) is 8.51. The van der Waals surface area contributed by atoms with Crippen LogP contribution in [0.2, 0.25) is 0 Å². The molecule has 1 aliphatic rings. The maximum Gasteiger partial charge on any atom is 0.238 e. The predicted molar refractivity (Wildman–Crippen MR) is 90.3 cm³/mol. The molecule has 2 rings (SSSR count). The van der Waals surface area contributed by atoms with Gasteiger partial charge in [0.15, 0.2) is 0 Å². The van der Waals surface area contributed by atoms with Crippen LogP contribution >= 0.6 is 24.2 Å². The molecular weight excluding hydrogens is 308 g/mol. The second-order valence-electron chi connectivity index (χ2n) is 5.24. The number of halogens is 1. The van der Waals surface area contributed by atoms with E-state index in [-0.39, 0.29) is 36.5 Å². The van der Waals surface area contributed by atoms with Crippen LogP contribution < -0.4 is 15.4 Å². The van der Waals surface area contributed by atoms with Gasteiger partial charge in [-0.3, -0.25) is 10.1 Å². The standard InChI is InChI=1S/C15H22N2O2S.ClH/c1-10(2)19-13-6-4-12(5-7-13)11(3)17-15(18)14-8-20-9-16-14;/h4-7,10-11,14,16H,8-9H2,1-3H3,(H,17,18);1H. The van der Waals surface area contributed by atoms with Gasteiger partial charge in [-0.1, -0.05) is 12.1 Å². The lowest BCUT2D eigenvalue weighted by Crippen LogP contribution is -2.42. The molecule has 1 saturated heterocycles. The van der Waals surface area contributed by atoms with Crippen LogP contribution in [-0.4, -0.2) is 29.7 Å². The molecule has 0 aromatic heterocycles. The summed E-state index contributed by atoms with van der Waals surface area (Å²) in [4.78, 5) is 12.0. The molecule has 0 saturated carbocycles. The summed E-state index contributed by atoms with van der Waals surface area (Å²) in [6.07, 6.45) is 0.170. The van der Waals surface area contributed by atoms with Crippen molar-refractivity contribution in [1.29, 1.82) is 0 Å². The van der Waals surface area contributed by atoms with E-state index in [0.717, 1.165) is 22.9 Å². The molecule has 1 aromatic rings. The third kappa shape index (κ3) is 5.41. The summed E-state index contributed by atoms with van der Waals surface area (Å²) >= 11 is 1.75. The van der Waals surface area contributed by atoms with Gasteiger partial charge in [0.2, 0.25) is 5.91 Å². The molecule has 0 radical (unpaired) electrons. The molecule has 0 bridgehead atoms. The number of hydrogen-bond donors (Lipinski definition) is 2. The average molecular weight is 331 g/mol. The first kappa shape index (κ1) is 18.1. The van der Waals surface area contributed by atoms with Crippen molar-refractivity contribution in [2.24, 2.45) is 0 Å². The molecule has 1 fully saturated rings. The van der Waals surface area contributed by atoms with Crippen molar-refractivity contribution in [1.82, 2.24) is 10.6 Å². The summed E-state index contributed by atoms with van der Waals surface area (Å²) in [5, 5.41) is 6.22. The molecule has 118 valence electrons. The molecule has 2 unspecified atom stereocenters. The molecule has 4 nitrogen and oxygen atoms in total. The number of hydrogen-bond acceptors (Lipinski definition) is 4. The lowest BCUT2D eigenvalue weighted by Gasteiger charge is -2.18. The zero-order valence-electron chi connectivity index (χ0n) is 12.6. The summed E-state index contributed by atoms with van der Waals surface area (Å²) in [5.74, 6) is 2.63. The van der Waals surface area contributed by atoms with E-state index in [1.165, 1.54) is 0 Å². The van der Waals surface area contributed by atoms with E-state index < -0.39 is 0 Å². The summed E-state index contributed by atoms with van der Waals surface area (Å²) in [6.45, 7) is 6.01. The van der Waals surface area contributed by atoms with Gasteiger partial charge in [-0.2, -0.15) is 0 Å². The van der Waals surface area contributed by atoms with Crippen molar-refractivity contribution in [2.45, 2.75) is 39.0 Å². The van der Waals surface area contributed by atoms with Gasteiger partial charge in [0, 0.05) is 11.6 Å². The quantitative estimate of drug-likeness (QED) is 0.871. The summed E-state index contributed by atoms with van der Waals surface area (Å²) in [6, 6.07) is 7.83. The minimum absolute atomic E-state index is 0. The molecule has 2 atom stereocenters. The average Bonchev–Trinajstić information content (AvgIpc) is 2.92. The smallest absolute Gasteiger partial charge is 0.238 e. The zero-order chi connectivity index (χ0) is 14.5. The molecule has 1 amide bonds. The van der Waals surface area contributed by atoms with Gasteiger partial charge in [0.25, 0.3) is 0 Å². The molecule has 6 heteroatoms. The predicted octanol–water partition coefficient (Wildman–Crippen LogP) is 2.74. The molecule has 1 aliphatic heterocycles. The molecular formula is C15H23ClN2O2S. The largest absolute Gasteiger partial charge is 0.491 e. The monoisotopic (exact) mass is 330 g/mol. The minimum atomic E-state index is -0.0639. The van der Waals surface area contributed by atoms with E-state index in [1.807, 2.05) is 45.0 Å². The topological polar surface area (TPSA) is 50.4 Å². The van der Waals surface area contributed by atoms with Crippen LogP contribution in [0.5, 0.6) is 5.75 Å². The highest BCUT2D eigenvalue weighted by atomic mass is 35.5.